The molecule has 0 unspecified atom stereocenters. The van der Waals surface area contributed by atoms with E-state index in [0.29, 0.717) is 22.2 Å². The Morgan fingerprint density at radius 2 is 1.65 bits per heavy atom. The number of carboxylic acid groups (broad SMARTS) is 2. The molecule has 0 spiro atoms. The fraction of sp³-hybridized carbons (Fsp3) is 0.0476. The summed E-state index contributed by atoms with van der Waals surface area (Å²) in [5, 5.41) is 21.3. The van der Waals surface area contributed by atoms with Crippen molar-refractivity contribution < 1.29 is 19.8 Å². The summed E-state index contributed by atoms with van der Waals surface area (Å²) in [4.78, 5) is 26.0. The lowest BCUT2D eigenvalue weighted by molar-refractivity contribution is -0.136. The lowest BCUT2D eigenvalue weighted by Gasteiger charge is -2.07. The van der Waals surface area contributed by atoms with Crippen LogP contribution in [0.25, 0.3) is 32.9 Å². The summed E-state index contributed by atoms with van der Waals surface area (Å²) in [5.41, 5.74) is 3.04. The minimum Gasteiger partial charge on any atom is -0.481 e. The van der Waals surface area contributed by atoms with E-state index in [1.54, 1.807) is 6.07 Å². The number of H-pyrrole nitrogens is 1. The molecule has 26 heavy (non-hydrogen) atoms. The molecule has 5 nitrogen and oxygen atoms in total. The van der Waals surface area contributed by atoms with Crippen molar-refractivity contribution in [1.82, 2.24) is 4.98 Å². The summed E-state index contributed by atoms with van der Waals surface area (Å²) in [5.74, 6) is -2.01. The van der Waals surface area contributed by atoms with Gasteiger partial charge in [-0.25, -0.2) is 4.79 Å². The number of fused-ring (bicyclic) bond motifs is 2. The Hall–Kier alpha value is -3.60. The van der Waals surface area contributed by atoms with Crippen molar-refractivity contribution in [3.8, 4) is 11.3 Å². The molecule has 3 aromatic carbocycles. The Morgan fingerprint density at radius 3 is 2.42 bits per heavy atom. The van der Waals surface area contributed by atoms with E-state index in [0.717, 1.165) is 16.3 Å². The van der Waals surface area contributed by atoms with Gasteiger partial charge < -0.3 is 15.2 Å². The third kappa shape index (κ3) is 2.59. The molecule has 4 aromatic rings. The van der Waals surface area contributed by atoms with Crippen LogP contribution in [0.4, 0.5) is 0 Å². The predicted octanol–water partition coefficient (Wildman–Crippen LogP) is 4.31. The van der Waals surface area contributed by atoms with Crippen molar-refractivity contribution in [2.45, 2.75) is 6.42 Å². The zero-order valence-corrected chi connectivity index (χ0v) is 13.7. The van der Waals surface area contributed by atoms with Crippen LogP contribution in [0.2, 0.25) is 0 Å². The molecular weight excluding hydrogens is 330 g/mol. The lowest BCUT2D eigenvalue weighted by Crippen LogP contribution is -2.01. The standard InChI is InChI=1S/C21H15NO4/c23-19(24)11-17-16-10-13(21(25)26)8-9-18(16)22-20(17)15-7-3-5-12-4-1-2-6-14(12)15/h1-10,22H,11H2,(H,23,24)(H,25,26). The molecule has 1 aromatic heterocycles. The van der Waals surface area contributed by atoms with Gasteiger partial charge >= 0.3 is 11.9 Å². The van der Waals surface area contributed by atoms with Gasteiger partial charge in [0.15, 0.2) is 0 Å². The molecule has 0 aliphatic rings. The fourth-order valence-electron chi connectivity index (χ4n) is 3.39. The minimum absolute atomic E-state index is 0.132. The fourth-order valence-corrected chi connectivity index (χ4v) is 3.39. The summed E-state index contributed by atoms with van der Waals surface area (Å²) in [7, 11) is 0. The number of hydrogen-bond donors (Lipinski definition) is 3. The highest BCUT2D eigenvalue weighted by Crippen LogP contribution is 2.35. The number of hydrogen-bond acceptors (Lipinski definition) is 2. The Balaban J connectivity index is 2.05. The molecule has 4 rings (SSSR count). The van der Waals surface area contributed by atoms with Crippen molar-refractivity contribution in [2.75, 3.05) is 0 Å². The van der Waals surface area contributed by atoms with Crippen LogP contribution in [-0.4, -0.2) is 27.1 Å². The van der Waals surface area contributed by atoms with Crippen molar-refractivity contribution >= 4 is 33.6 Å². The Bertz CT molecular complexity index is 1170. The van der Waals surface area contributed by atoms with Crippen LogP contribution in [0.5, 0.6) is 0 Å². The zero-order chi connectivity index (χ0) is 18.3. The number of carbonyl (C=O) groups is 2. The van der Waals surface area contributed by atoms with Gasteiger partial charge in [-0.3, -0.25) is 4.79 Å². The van der Waals surface area contributed by atoms with Gasteiger partial charge in [-0.05, 0) is 34.5 Å². The third-order valence-electron chi connectivity index (χ3n) is 4.54. The SMILES string of the molecule is O=C(O)Cc1c(-c2cccc3ccccc23)[nH]c2ccc(C(=O)O)cc12. The maximum absolute atomic E-state index is 11.4. The molecule has 0 saturated carbocycles. The first kappa shape index (κ1) is 15.9. The molecule has 128 valence electrons. The molecule has 0 amide bonds. The second-order valence-corrected chi connectivity index (χ2v) is 6.14. The van der Waals surface area contributed by atoms with Crippen LogP contribution < -0.4 is 0 Å². The maximum atomic E-state index is 11.4. The summed E-state index contributed by atoms with van der Waals surface area (Å²) < 4.78 is 0. The predicted molar refractivity (Wildman–Crippen MR) is 99.5 cm³/mol. The van der Waals surface area contributed by atoms with Gasteiger partial charge in [0.05, 0.1) is 17.7 Å². The summed E-state index contributed by atoms with van der Waals surface area (Å²) in [6.07, 6.45) is -0.193. The quantitative estimate of drug-likeness (QED) is 0.514. The highest BCUT2D eigenvalue weighted by Gasteiger charge is 2.18. The van der Waals surface area contributed by atoms with Gasteiger partial charge in [0, 0.05) is 16.5 Å². The number of carboxylic acids is 2. The molecule has 0 saturated heterocycles. The average Bonchev–Trinajstić information content (AvgIpc) is 2.98. The molecule has 0 aliphatic heterocycles. The van der Waals surface area contributed by atoms with E-state index in [4.69, 9.17) is 0 Å². The molecule has 0 bridgehead atoms. The van der Waals surface area contributed by atoms with Crippen LogP contribution in [0.3, 0.4) is 0 Å². The molecule has 3 N–H and O–H groups in total. The van der Waals surface area contributed by atoms with Gasteiger partial charge in [-0.1, -0.05) is 42.5 Å². The first-order chi connectivity index (χ1) is 12.5. The van der Waals surface area contributed by atoms with E-state index < -0.39 is 11.9 Å². The van der Waals surface area contributed by atoms with Gasteiger partial charge in [0.25, 0.3) is 0 Å². The third-order valence-corrected chi connectivity index (χ3v) is 4.54. The van der Waals surface area contributed by atoms with Crippen LogP contribution >= 0.6 is 0 Å². The molecule has 1 heterocycles. The Labute approximate surface area is 148 Å². The number of aromatic nitrogens is 1. The molecule has 0 aliphatic carbocycles. The number of aromatic amines is 1. The van der Waals surface area contributed by atoms with Crippen LogP contribution in [0.1, 0.15) is 15.9 Å². The van der Waals surface area contributed by atoms with Crippen LogP contribution in [0.15, 0.2) is 60.7 Å². The van der Waals surface area contributed by atoms with Gasteiger partial charge in [0.2, 0.25) is 0 Å². The summed E-state index contributed by atoms with van der Waals surface area (Å²) in [6.45, 7) is 0. The van der Waals surface area contributed by atoms with Crippen molar-refractivity contribution in [3.05, 3.63) is 71.8 Å². The number of benzene rings is 3. The highest BCUT2D eigenvalue weighted by molar-refractivity contribution is 6.03. The van der Waals surface area contributed by atoms with Crippen molar-refractivity contribution in [3.63, 3.8) is 0 Å². The lowest BCUT2D eigenvalue weighted by atomic mass is 9.97. The second-order valence-electron chi connectivity index (χ2n) is 6.14. The van der Waals surface area contributed by atoms with E-state index in [2.05, 4.69) is 4.98 Å². The number of aromatic carboxylic acids is 1. The van der Waals surface area contributed by atoms with E-state index in [1.165, 1.54) is 12.1 Å². The van der Waals surface area contributed by atoms with E-state index in [9.17, 15) is 19.8 Å². The summed E-state index contributed by atoms with van der Waals surface area (Å²) >= 11 is 0. The topological polar surface area (TPSA) is 90.4 Å². The molecular formula is C21H15NO4. The Morgan fingerprint density at radius 1 is 0.885 bits per heavy atom. The largest absolute Gasteiger partial charge is 0.481 e. The van der Waals surface area contributed by atoms with E-state index >= 15 is 0 Å². The van der Waals surface area contributed by atoms with Crippen molar-refractivity contribution in [2.24, 2.45) is 0 Å². The van der Waals surface area contributed by atoms with Crippen molar-refractivity contribution in [1.29, 1.82) is 0 Å². The normalized spacial score (nSPS) is 11.1. The first-order valence-corrected chi connectivity index (χ1v) is 8.12. The monoisotopic (exact) mass is 345 g/mol. The minimum atomic E-state index is -1.04. The summed E-state index contributed by atoms with van der Waals surface area (Å²) in [6, 6.07) is 18.5. The smallest absolute Gasteiger partial charge is 0.335 e. The number of rotatable bonds is 4. The van der Waals surface area contributed by atoms with Gasteiger partial charge in [0.1, 0.15) is 0 Å². The zero-order valence-electron chi connectivity index (χ0n) is 13.7. The van der Waals surface area contributed by atoms with Crippen LogP contribution in [0, 0.1) is 0 Å². The maximum Gasteiger partial charge on any atom is 0.335 e. The Kier molecular flexibility index (Phi) is 3.69. The average molecular weight is 345 g/mol. The van der Waals surface area contributed by atoms with Crippen LogP contribution in [-0.2, 0) is 11.2 Å². The number of nitrogens with one attached hydrogen (secondary N) is 1. The molecule has 0 radical (unpaired) electrons. The number of aliphatic carboxylic acids is 1. The second kappa shape index (κ2) is 6.04. The van der Waals surface area contributed by atoms with Gasteiger partial charge in [-0.15, -0.1) is 0 Å². The van der Waals surface area contributed by atoms with E-state index in [-0.39, 0.29) is 12.0 Å². The van der Waals surface area contributed by atoms with E-state index in [1.807, 2.05) is 42.5 Å². The molecule has 5 heteroatoms. The molecule has 0 atom stereocenters. The van der Waals surface area contributed by atoms with Gasteiger partial charge in [-0.2, -0.15) is 0 Å². The highest BCUT2D eigenvalue weighted by atomic mass is 16.4. The molecule has 0 fully saturated rings. The first-order valence-electron chi connectivity index (χ1n) is 8.12.